The van der Waals surface area contributed by atoms with Crippen LogP contribution in [-0.2, 0) is 0 Å². The van der Waals surface area contributed by atoms with Crippen molar-refractivity contribution in [2.75, 3.05) is 19.6 Å². The molecule has 0 aromatic rings. The van der Waals surface area contributed by atoms with Crippen molar-refractivity contribution >= 4 is 0 Å². The highest BCUT2D eigenvalue weighted by atomic mass is 15.1. The molecule has 0 amide bonds. The number of hydrogen-bond acceptors (Lipinski definition) is 2. The first-order valence-electron chi connectivity index (χ1n) is 7.13. The Morgan fingerprint density at radius 2 is 2.00 bits per heavy atom. The molecule has 1 aliphatic carbocycles. The van der Waals surface area contributed by atoms with Gasteiger partial charge in [-0.05, 0) is 43.6 Å². The Labute approximate surface area is 101 Å². The number of nitrogens with two attached hydrogens (primary N) is 1. The zero-order valence-corrected chi connectivity index (χ0v) is 11.0. The van der Waals surface area contributed by atoms with Crippen LogP contribution in [0.5, 0.6) is 0 Å². The van der Waals surface area contributed by atoms with Crippen molar-refractivity contribution in [2.45, 2.75) is 58.4 Å². The van der Waals surface area contributed by atoms with Crippen molar-refractivity contribution in [3.05, 3.63) is 0 Å². The van der Waals surface area contributed by atoms with Gasteiger partial charge in [0.1, 0.15) is 0 Å². The summed E-state index contributed by atoms with van der Waals surface area (Å²) in [5, 5.41) is 0. The molecule has 1 saturated carbocycles. The van der Waals surface area contributed by atoms with Gasteiger partial charge in [-0.25, -0.2) is 0 Å². The first kappa shape index (κ1) is 12.4. The summed E-state index contributed by atoms with van der Waals surface area (Å²) in [6.07, 6.45) is 8.39. The Morgan fingerprint density at radius 1 is 1.31 bits per heavy atom. The molecule has 2 heteroatoms. The minimum atomic E-state index is 0.442. The summed E-state index contributed by atoms with van der Waals surface area (Å²) < 4.78 is 0. The molecule has 2 rings (SSSR count). The lowest BCUT2D eigenvalue weighted by molar-refractivity contribution is 0.0967. The maximum absolute atomic E-state index is 6.09. The third-order valence-corrected chi connectivity index (χ3v) is 5.03. The van der Waals surface area contributed by atoms with Crippen LogP contribution >= 0.6 is 0 Å². The van der Waals surface area contributed by atoms with Crippen LogP contribution in [0.3, 0.4) is 0 Å². The van der Waals surface area contributed by atoms with E-state index in [0.717, 1.165) is 0 Å². The van der Waals surface area contributed by atoms with Crippen molar-refractivity contribution in [2.24, 2.45) is 17.1 Å². The maximum atomic E-state index is 6.09. The summed E-state index contributed by atoms with van der Waals surface area (Å²) in [6.45, 7) is 8.48. The number of rotatable bonds is 3. The Balaban J connectivity index is 1.89. The second kappa shape index (κ2) is 5.05. The zero-order valence-electron chi connectivity index (χ0n) is 11.0. The smallest absolute Gasteiger partial charge is 0.00889 e. The van der Waals surface area contributed by atoms with E-state index in [4.69, 9.17) is 5.73 Å². The Bertz CT molecular complexity index is 221. The fourth-order valence-corrected chi connectivity index (χ4v) is 3.62. The van der Waals surface area contributed by atoms with E-state index in [1.807, 2.05) is 0 Å². The lowest BCUT2D eigenvalue weighted by Crippen LogP contribution is -2.48. The van der Waals surface area contributed by atoms with Gasteiger partial charge in [-0.15, -0.1) is 0 Å². The van der Waals surface area contributed by atoms with E-state index in [9.17, 15) is 0 Å². The van der Waals surface area contributed by atoms with E-state index < -0.39 is 0 Å². The Morgan fingerprint density at radius 3 is 2.56 bits per heavy atom. The molecular weight excluding hydrogens is 196 g/mol. The molecule has 1 saturated heterocycles. The van der Waals surface area contributed by atoms with Gasteiger partial charge in [0.15, 0.2) is 0 Å². The van der Waals surface area contributed by atoms with Gasteiger partial charge in [0.05, 0.1) is 0 Å². The molecule has 0 aromatic heterocycles. The molecule has 0 radical (unpaired) electrons. The number of likely N-dealkylation sites (tertiary alicyclic amines) is 1. The van der Waals surface area contributed by atoms with Gasteiger partial charge < -0.3 is 10.6 Å². The van der Waals surface area contributed by atoms with Crippen molar-refractivity contribution in [1.82, 2.24) is 4.90 Å². The van der Waals surface area contributed by atoms with E-state index in [0.29, 0.717) is 17.4 Å². The van der Waals surface area contributed by atoms with Gasteiger partial charge in [0.25, 0.3) is 0 Å². The molecule has 1 heterocycles. The predicted octanol–water partition coefficient (Wildman–Crippen LogP) is 2.63. The minimum absolute atomic E-state index is 0.442. The molecule has 16 heavy (non-hydrogen) atoms. The standard InChI is InChI=1S/C14H28N2/c1-3-14(7-4-5-8-14)11-16-9-6-13(15)12(2)10-16/h12-13H,3-11,15H2,1-2H3. The van der Waals surface area contributed by atoms with Crippen molar-refractivity contribution in [3.63, 3.8) is 0 Å². The topological polar surface area (TPSA) is 29.3 Å². The van der Waals surface area contributed by atoms with Gasteiger partial charge in [-0.3, -0.25) is 0 Å². The van der Waals surface area contributed by atoms with Crippen LogP contribution in [0.15, 0.2) is 0 Å². The number of hydrogen-bond donors (Lipinski definition) is 1. The normalized spacial score (nSPS) is 35.4. The lowest BCUT2D eigenvalue weighted by Gasteiger charge is -2.40. The fourth-order valence-electron chi connectivity index (χ4n) is 3.62. The molecule has 2 aliphatic rings. The number of piperidine rings is 1. The predicted molar refractivity (Wildman–Crippen MR) is 69.4 cm³/mol. The van der Waals surface area contributed by atoms with E-state index in [1.54, 1.807) is 0 Å². The highest BCUT2D eigenvalue weighted by molar-refractivity contribution is 4.89. The molecule has 2 nitrogen and oxygen atoms in total. The van der Waals surface area contributed by atoms with E-state index in [1.165, 1.54) is 58.2 Å². The molecule has 0 bridgehead atoms. The second-order valence-electron chi connectivity index (χ2n) is 6.23. The quantitative estimate of drug-likeness (QED) is 0.798. The van der Waals surface area contributed by atoms with Crippen LogP contribution in [0.25, 0.3) is 0 Å². The largest absolute Gasteiger partial charge is 0.327 e. The molecular formula is C14H28N2. The Hall–Kier alpha value is -0.0800. The van der Waals surface area contributed by atoms with E-state index in [-0.39, 0.29) is 0 Å². The lowest BCUT2D eigenvalue weighted by atomic mass is 9.81. The average molecular weight is 224 g/mol. The summed E-state index contributed by atoms with van der Waals surface area (Å²) in [6, 6.07) is 0.442. The highest BCUT2D eigenvalue weighted by Crippen LogP contribution is 2.42. The monoisotopic (exact) mass is 224 g/mol. The van der Waals surface area contributed by atoms with E-state index in [2.05, 4.69) is 18.7 Å². The molecule has 1 aliphatic heterocycles. The summed E-state index contributed by atoms with van der Waals surface area (Å²) >= 11 is 0. The Kier molecular flexibility index (Phi) is 3.91. The molecule has 0 spiro atoms. The van der Waals surface area contributed by atoms with Crippen LogP contribution in [0.2, 0.25) is 0 Å². The van der Waals surface area contributed by atoms with Crippen LogP contribution < -0.4 is 5.73 Å². The van der Waals surface area contributed by atoms with Crippen LogP contribution in [0, 0.1) is 11.3 Å². The van der Waals surface area contributed by atoms with Gasteiger partial charge >= 0.3 is 0 Å². The molecule has 2 fully saturated rings. The molecule has 2 atom stereocenters. The van der Waals surface area contributed by atoms with Crippen molar-refractivity contribution in [3.8, 4) is 0 Å². The highest BCUT2D eigenvalue weighted by Gasteiger charge is 2.35. The third-order valence-electron chi connectivity index (χ3n) is 5.03. The van der Waals surface area contributed by atoms with E-state index >= 15 is 0 Å². The summed E-state index contributed by atoms with van der Waals surface area (Å²) in [4.78, 5) is 2.68. The van der Waals surface area contributed by atoms with Crippen molar-refractivity contribution in [1.29, 1.82) is 0 Å². The zero-order chi connectivity index (χ0) is 11.6. The van der Waals surface area contributed by atoms with Gasteiger partial charge in [-0.1, -0.05) is 26.7 Å². The minimum Gasteiger partial charge on any atom is -0.327 e. The third kappa shape index (κ3) is 2.60. The van der Waals surface area contributed by atoms with Gasteiger partial charge in [0.2, 0.25) is 0 Å². The van der Waals surface area contributed by atoms with Gasteiger partial charge in [0, 0.05) is 19.1 Å². The summed E-state index contributed by atoms with van der Waals surface area (Å²) in [5.41, 5.74) is 6.74. The first-order chi connectivity index (χ1) is 7.65. The summed E-state index contributed by atoms with van der Waals surface area (Å²) in [7, 11) is 0. The van der Waals surface area contributed by atoms with Crippen LogP contribution in [0.4, 0.5) is 0 Å². The van der Waals surface area contributed by atoms with Crippen LogP contribution in [0.1, 0.15) is 52.4 Å². The molecule has 94 valence electrons. The molecule has 0 aromatic carbocycles. The SMILES string of the molecule is CCC1(CN2CCC(N)C(C)C2)CCCC1. The van der Waals surface area contributed by atoms with Crippen molar-refractivity contribution < 1.29 is 0 Å². The molecule has 2 unspecified atom stereocenters. The number of nitrogens with zero attached hydrogens (tertiary/aromatic N) is 1. The average Bonchev–Trinajstić information content (AvgIpc) is 2.73. The maximum Gasteiger partial charge on any atom is 0.00889 e. The van der Waals surface area contributed by atoms with Gasteiger partial charge in [-0.2, -0.15) is 0 Å². The second-order valence-corrected chi connectivity index (χ2v) is 6.23. The fraction of sp³-hybridized carbons (Fsp3) is 1.00. The summed E-state index contributed by atoms with van der Waals surface area (Å²) in [5.74, 6) is 0.684. The van der Waals surface area contributed by atoms with Crippen LogP contribution in [-0.4, -0.2) is 30.6 Å². The molecule has 2 N–H and O–H groups in total. The first-order valence-corrected chi connectivity index (χ1v) is 7.13.